The number of aromatic amines is 1. The van der Waals surface area contributed by atoms with Crippen LogP contribution in [0.2, 0.25) is 0 Å². The Kier molecular flexibility index (Phi) is 1.07. The molecule has 1 aromatic rings. The highest BCUT2D eigenvalue weighted by atomic mass is 19.1. The van der Waals surface area contributed by atoms with Crippen molar-refractivity contribution in [2.45, 2.75) is 0 Å². The van der Waals surface area contributed by atoms with E-state index in [4.69, 9.17) is 0 Å². The number of nitrogens with zero attached hydrogens (tertiary/aromatic N) is 1. The summed E-state index contributed by atoms with van der Waals surface area (Å²) in [6, 6.07) is 1.07. The Labute approximate surface area is 44.2 Å². The zero-order valence-electron chi connectivity index (χ0n) is 3.89. The third kappa shape index (κ3) is 0.900. The standard InChI is InChI=1S/C4H3FN2O/c5-3-1-2-6-4(8)7-3/h1-2H,(H,6,7,8). The van der Waals surface area contributed by atoms with Crippen molar-refractivity contribution in [3.05, 3.63) is 28.7 Å². The minimum atomic E-state index is -0.662. The molecule has 0 saturated heterocycles. The molecule has 1 N–H and O–H groups in total. The average molecular weight is 114 g/mol. The molecule has 0 amide bonds. The number of hydrogen-bond acceptors (Lipinski definition) is 2. The van der Waals surface area contributed by atoms with E-state index in [0.29, 0.717) is 0 Å². The van der Waals surface area contributed by atoms with E-state index in [1.165, 1.54) is 0 Å². The van der Waals surface area contributed by atoms with Gasteiger partial charge in [-0.15, -0.1) is 0 Å². The Balaban J connectivity index is 3.28. The normalized spacial score (nSPS) is 9.12. The van der Waals surface area contributed by atoms with Crippen molar-refractivity contribution >= 4 is 0 Å². The SMILES string of the molecule is O=c1nccc(F)[nH]1. The molecular weight excluding hydrogens is 111 g/mol. The maximum absolute atomic E-state index is 11.9. The molecular formula is C4H3FN2O. The van der Waals surface area contributed by atoms with Crippen LogP contribution in [0.3, 0.4) is 0 Å². The molecule has 0 saturated carbocycles. The Morgan fingerprint density at radius 1 is 1.75 bits per heavy atom. The Hall–Kier alpha value is -1.19. The third-order valence-corrected chi connectivity index (χ3v) is 0.639. The lowest BCUT2D eigenvalue weighted by atomic mass is 10.7. The molecule has 8 heavy (non-hydrogen) atoms. The molecule has 0 fully saturated rings. The molecule has 1 heterocycles. The Morgan fingerprint density at radius 3 is 2.88 bits per heavy atom. The fraction of sp³-hybridized carbons (Fsp3) is 0. The number of nitrogens with one attached hydrogen (secondary N) is 1. The summed E-state index contributed by atoms with van der Waals surface area (Å²) >= 11 is 0. The van der Waals surface area contributed by atoms with Gasteiger partial charge in [-0.25, -0.2) is 9.78 Å². The van der Waals surface area contributed by atoms with Crippen molar-refractivity contribution in [1.82, 2.24) is 9.97 Å². The van der Waals surface area contributed by atoms with Crippen molar-refractivity contribution in [3.63, 3.8) is 0 Å². The van der Waals surface area contributed by atoms with Gasteiger partial charge in [0, 0.05) is 12.3 Å². The fourth-order valence-electron chi connectivity index (χ4n) is 0.347. The summed E-state index contributed by atoms with van der Waals surface area (Å²) in [7, 11) is 0. The van der Waals surface area contributed by atoms with Crippen LogP contribution >= 0.6 is 0 Å². The minimum Gasteiger partial charge on any atom is -0.282 e. The number of rotatable bonds is 0. The molecule has 3 nitrogen and oxygen atoms in total. The second-order valence-electron chi connectivity index (χ2n) is 1.22. The first kappa shape index (κ1) is 4.96. The quantitative estimate of drug-likeness (QED) is 0.479. The van der Waals surface area contributed by atoms with Gasteiger partial charge >= 0.3 is 5.69 Å². The first-order valence-electron chi connectivity index (χ1n) is 2.00. The van der Waals surface area contributed by atoms with E-state index in [9.17, 15) is 9.18 Å². The smallest absolute Gasteiger partial charge is 0.282 e. The van der Waals surface area contributed by atoms with Crippen molar-refractivity contribution in [1.29, 1.82) is 0 Å². The van der Waals surface area contributed by atoms with Gasteiger partial charge < -0.3 is 0 Å². The molecule has 0 aliphatic rings. The highest BCUT2D eigenvalue weighted by Gasteiger charge is 1.84. The number of halogens is 1. The molecule has 0 bridgehead atoms. The zero-order valence-corrected chi connectivity index (χ0v) is 3.89. The predicted octanol–water partition coefficient (Wildman–Crippen LogP) is -0.0910. The molecule has 0 aromatic carbocycles. The predicted molar refractivity (Wildman–Crippen MR) is 24.8 cm³/mol. The summed E-state index contributed by atoms with van der Waals surface area (Å²) in [6.07, 6.45) is 1.11. The summed E-state index contributed by atoms with van der Waals surface area (Å²) in [6.45, 7) is 0. The van der Waals surface area contributed by atoms with Gasteiger partial charge in [0.25, 0.3) is 0 Å². The van der Waals surface area contributed by atoms with Crippen LogP contribution in [-0.4, -0.2) is 9.97 Å². The van der Waals surface area contributed by atoms with E-state index in [2.05, 4.69) is 4.98 Å². The molecule has 0 aliphatic carbocycles. The molecule has 1 aromatic heterocycles. The molecule has 0 spiro atoms. The first-order chi connectivity index (χ1) is 3.79. The first-order valence-corrected chi connectivity index (χ1v) is 2.00. The van der Waals surface area contributed by atoms with E-state index in [1.807, 2.05) is 4.98 Å². The van der Waals surface area contributed by atoms with Crippen LogP contribution in [0.4, 0.5) is 4.39 Å². The van der Waals surface area contributed by atoms with Crippen molar-refractivity contribution in [2.75, 3.05) is 0 Å². The van der Waals surface area contributed by atoms with E-state index in [-0.39, 0.29) is 0 Å². The Bertz CT molecular complexity index is 231. The summed E-state index contributed by atoms with van der Waals surface area (Å²) in [5.74, 6) is -0.662. The maximum Gasteiger partial charge on any atom is 0.347 e. The molecule has 0 unspecified atom stereocenters. The maximum atomic E-state index is 11.9. The topological polar surface area (TPSA) is 45.8 Å². The monoisotopic (exact) mass is 114 g/mol. The number of aromatic nitrogens is 2. The van der Waals surface area contributed by atoms with E-state index >= 15 is 0 Å². The van der Waals surface area contributed by atoms with Crippen LogP contribution in [0.25, 0.3) is 0 Å². The summed E-state index contributed by atoms with van der Waals surface area (Å²) in [5.41, 5.74) is -0.662. The fourth-order valence-corrected chi connectivity index (χ4v) is 0.347. The highest BCUT2D eigenvalue weighted by Crippen LogP contribution is 1.79. The Morgan fingerprint density at radius 2 is 2.50 bits per heavy atom. The average Bonchev–Trinajstić information content (AvgIpc) is 1.64. The van der Waals surface area contributed by atoms with Crippen LogP contribution in [0.15, 0.2) is 17.1 Å². The molecule has 1 rings (SSSR count). The van der Waals surface area contributed by atoms with E-state index in [1.54, 1.807) is 0 Å². The van der Waals surface area contributed by atoms with Crippen molar-refractivity contribution in [2.24, 2.45) is 0 Å². The lowest BCUT2D eigenvalue weighted by Gasteiger charge is -1.80. The van der Waals surface area contributed by atoms with Crippen molar-refractivity contribution in [3.8, 4) is 0 Å². The van der Waals surface area contributed by atoms with Gasteiger partial charge in [0.2, 0.25) is 0 Å². The van der Waals surface area contributed by atoms with Gasteiger partial charge in [0.1, 0.15) is 0 Å². The highest BCUT2D eigenvalue weighted by molar-refractivity contribution is 4.79. The molecule has 4 heteroatoms. The van der Waals surface area contributed by atoms with Gasteiger partial charge in [0.15, 0.2) is 5.95 Å². The third-order valence-electron chi connectivity index (χ3n) is 0.639. The summed E-state index contributed by atoms with van der Waals surface area (Å²) in [4.78, 5) is 15.1. The van der Waals surface area contributed by atoms with Gasteiger partial charge in [0.05, 0.1) is 0 Å². The number of H-pyrrole nitrogens is 1. The summed E-state index contributed by atoms with van der Waals surface area (Å²) < 4.78 is 11.9. The van der Waals surface area contributed by atoms with Gasteiger partial charge in [-0.05, 0) is 0 Å². The van der Waals surface area contributed by atoms with Gasteiger partial charge in [-0.2, -0.15) is 4.39 Å². The lowest BCUT2D eigenvalue weighted by molar-refractivity contribution is 0.573. The van der Waals surface area contributed by atoms with E-state index < -0.39 is 11.6 Å². The van der Waals surface area contributed by atoms with Crippen molar-refractivity contribution < 1.29 is 4.39 Å². The van der Waals surface area contributed by atoms with Gasteiger partial charge in [-0.1, -0.05) is 0 Å². The van der Waals surface area contributed by atoms with Crippen LogP contribution < -0.4 is 5.69 Å². The summed E-state index contributed by atoms with van der Waals surface area (Å²) in [5, 5.41) is 0. The van der Waals surface area contributed by atoms with Crippen LogP contribution in [-0.2, 0) is 0 Å². The van der Waals surface area contributed by atoms with E-state index in [0.717, 1.165) is 12.3 Å². The number of hydrogen-bond donors (Lipinski definition) is 1. The molecule has 0 atom stereocenters. The zero-order chi connectivity index (χ0) is 5.98. The van der Waals surface area contributed by atoms with Crippen LogP contribution in [0.1, 0.15) is 0 Å². The minimum absolute atomic E-state index is 0.662. The molecule has 0 aliphatic heterocycles. The second kappa shape index (κ2) is 1.73. The molecule has 42 valence electrons. The largest absolute Gasteiger partial charge is 0.347 e. The van der Waals surface area contributed by atoms with Gasteiger partial charge in [-0.3, -0.25) is 4.98 Å². The second-order valence-corrected chi connectivity index (χ2v) is 1.22. The lowest BCUT2D eigenvalue weighted by Crippen LogP contribution is -2.09. The van der Waals surface area contributed by atoms with Crippen LogP contribution in [0.5, 0.6) is 0 Å². The van der Waals surface area contributed by atoms with Crippen LogP contribution in [0, 0.1) is 5.95 Å². The molecule has 0 radical (unpaired) electrons.